The third kappa shape index (κ3) is 5.94. The van der Waals surface area contributed by atoms with Crippen LogP contribution in [0.15, 0.2) is 18.2 Å². The molecule has 2 rings (SSSR count). The summed E-state index contributed by atoms with van der Waals surface area (Å²) in [7, 11) is 0. The minimum absolute atomic E-state index is 0.0346. The Labute approximate surface area is 155 Å². The zero-order valence-corrected chi connectivity index (χ0v) is 15.1. The van der Waals surface area contributed by atoms with Crippen LogP contribution in [-0.2, 0) is 14.3 Å². The smallest absolute Gasteiger partial charge is 0.338 e. The molecule has 0 heterocycles. The Morgan fingerprint density at radius 1 is 1.33 bits per heavy atom. The first-order valence-corrected chi connectivity index (χ1v) is 8.61. The van der Waals surface area contributed by atoms with Crippen molar-refractivity contribution in [2.75, 3.05) is 18.5 Å². The van der Waals surface area contributed by atoms with Gasteiger partial charge in [-0.15, -0.1) is 0 Å². The van der Waals surface area contributed by atoms with Crippen LogP contribution in [0.1, 0.15) is 37.0 Å². The van der Waals surface area contributed by atoms with Crippen molar-refractivity contribution in [3.63, 3.8) is 0 Å². The fourth-order valence-corrected chi connectivity index (χ4v) is 2.27. The van der Waals surface area contributed by atoms with Crippen LogP contribution in [0.4, 0.5) is 11.4 Å². The summed E-state index contributed by atoms with van der Waals surface area (Å²) in [5, 5.41) is 19.2. The van der Waals surface area contributed by atoms with Crippen molar-refractivity contribution in [2.24, 2.45) is 0 Å². The van der Waals surface area contributed by atoms with Crippen molar-refractivity contribution < 1.29 is 24.0 Å². The van der Waals surface area contributed by atoms with E-state index in [1.54, 1.807) is 6.92 Å². The predicted molar refractivity (Wildman–Crippen MR) is 96.3 cm³/mol. The Balaban J connectivity index is 1.93. The van der Waals surface area contributed by atoms with E-state index >= 15 is 0 Å². The molecule has 2 amide bonds. The molecule has 1 saturated carbocycles. The number of nitrogens with one attached hydrogen (secondary N) is 3. The highest BCUT2D eigenvalue weighted by Gasteiger charge is 2.26. The fraction of sp³-hybridized carbons (Fsp3) is 0.471. The number of nitrogens with zero attached hydrogens (tertiary/aromatic N) is 1. The van der Waals surface area contributed by atoms with Crippen LogP contribution in [0.2, 0.25) is 0 Å². The van der Waals surface area contributed by atoms with Crippen molar-refractivity contribution >= 4 is 29.2 Å². The van der Waals surface area contributed by atoms with E-state index in [1.807, 2.05) is 0 Å². The van der Waals surface area contributed by atoms with Gasteiger partial charge in [-0.25, -0.2) is 4.79 Å². The molecule has 1 aromatic rings. The Morgan fingerprint density at radius 2 is 2.04 bits per heavy atom. The molecular formula is C17H22N4O6. The van der Waals surface area contributed by atoms with Gasteiger partial charge in [-0.2, -0.15) is 0 Å². The number of amides is 2. The topological polar surface area (TPSA) is 140 Å². The molecule has 10 heteroatoms. The lowest BCUT2D eigenvalue weighted by Crippen LogP contribution is -2.46. The van der Waals surface area contributed by atoms with E-state index < -0.39 is 29.4 Å². The number of anilines is 1. The van der Waals surface area contributed by atoms with E-state index in [0.29, 0.717) is 12.2 Å². The molecule has 0 unspecified atom stereocenters. The van der Waals surface area contributed by atoms with Crippen LogP contribution in [0, 0.1) is 10.1 Å². The Bertz CT molecular complexity index is 747. The summed E-state index contributed by atoms with van der Waals surface area (Å²) in [6.45, 7) is 3.08. The largest absolute Gasteiger partial charge is 0.452 e. The number of esters is 1. The predicted octanol–water partition coefficient (Wildman–Crippen LogP) is 0.967. The lowest BCUT2D eigenvalue weighted by Gasteiger charge is -2.13. The zero-order valence-electron chi connectivity index (χ0n) is 15.1. The molecule has 0 radical (unpaired) electrons. The number of ether oxygens (including phenoxy) is 1. The van der Waals surface area contributed by atoms with Gasteiger partial charge in [0.2, 0.25) is 5.91 Å². The number of benzene rings is 1. The molecule has 146 valence electrons. The van der Waals surface area contributed by atoms with E-state index in [1.165, 1.54) is 19.1 Å². The number of likely N-dealkylation sites (N-methyl/N-ethyl adjacent to an activating group) is 1. The third-order valence-electron chi connectivity index (χ3n) is 3.82. The lowest BCUT2D eigenvalue weighted by atomic mass is 10.1. The molecule has 1 aliphatic rings. The maximum absolute atomic E-state index is 12.1. The standard InChI is InChI=1S/C17H22N4O6/c1-3-18-16(23)10(2)19-15(22)9-27-17(24)11-4-7-13(20-12-5-6-12)14(8-11)21(25)26/h4,7-8,10,12,20H,3,5-6,9H2,1-2H3,(H,18,23)(H,19,22)/t10-/m0/s1. The number of rotatable bonds is 9. The van der Waals surface area contributed by atoms with Crippen molar-refractivity contribution in [1.29, 1.82) is 0 Å². The summed E-state index contributed by atoms with van der Waals surface area (Å²) >= 11 is 0. The van der Waals surface area contributed by atoms with Gasteiger partial charge in [-0.05, 0) is 38.8 Å². The second-order valence-corrected chi connectivity index (χ2v) is 6.17. The summed E-state index contributed by atoms with van der Waals surface area (Å²) in [5.74, 6) is -1.87. The maximum atomic E-state index is 12.1. The molecule has 10 nitrogen and oxygen atoms in total. The van der Waals surface area contributed by atoms with Crippen LogP contribution in [0.5, 0.6) is 0 Å². The van der Waals surface area contributed by atoms with E-state index in [9.17, 15) is 24.5 Å². The van der Waals surface area contributed by atoms with Gasteiger partial charge in [0.1, 0.15) is 11.7 Å². The number of nitro benzene ring substituents is 1. The van der Waals surface area contributed by atoms with Crippen molar-refractivity contribution in [3.05, 3.63) is 33.9 Å². The van der Waals surface area contributed by atoms with Crippen molar-refractivity contribution in [3.8, 4) is 0 Å². The number of carbonyl (C=O) groups is 3. The highest BCUT2D eigenvalue weighted by Crippen LogP contribution is 2.31. The highest BCUT2D eigenvalue weighted by atomic mass is 16.6. The summed E-state index contributed by atoms with van der Waals surface area (Å²) in [6.07, 6.45) is 1.90. The van der Waals surface area contributed by atoms with Gasteiger partial charge in [0, 0.05) is 18.7 Å². The summed E-state index contributed by atoms with van der Waals surface area (Å²) in [5.41, 5.74) is 0.0748. The quantitative estimate of drug-likeness (QED) is 0.330. The summed E-state index contributed by atoms with van der Waals surface area (Å²) in [4.78, 5) is 46.0. The molecule has 3 N–H and O–H groups in total. The fourth-order valence-electron chi connectivity index (χ4n) is 2.27. The van der Waals surface area contributed by atoms with E-state index in [-0.39, 0.29) is 23.2 Å². The minimum atomic E-state index is -0.864. The van der Waals surface area contributed by atoms with E-state index in [4.69, 9.17) is 4.74 Å². The second-order valence-electron chi connectivity index (χ2n) is 6.17. The molecule has 1 fully saturated rings. The molecule has 1 atom stereocenters. The first kappa shape index (κ1) is 20.1. The van der Waals surface area contributed by atoms with Crippen LogP contribution in [0.25, 0.3) is 0 Å². The van der Waals surface area contributed by atoms with Crippen molar-refractivity contribution in [1.82, 2.24) is 10.6 Å². The molecule has 1 aromatic carbocycles. The molecule has 0 saturated heterocycles. The molecule has 0 aliphatic heterocycles. The first-order chi connectivity index (χ1) is 12.8. The SMILES string of the molecule is CCNC(=O)[C@H](C)NC(=O)COC(=O)c1ccc(NC2CC2)c([N+](=O)[O-])c1. The van der Waals surface area contributed by atoms with Crippen LogP contribution < -0.4 is 16.0 Å². The molecule has 0 spiro atoms. The molecular weight excluding hydrogens is 356 g/mol. The lowest BCUT2D eigenvalue weighted by molar-refractivity contribution is -0.384. The van der Waals surface area contributed by atoms with Gasteiger partial charge in [-0.3, -0.25) is 19.7 Å². The van der Waals surface area contributed by atoms with Crippen LogP contribution >= 0.6 is 0 Å². The van der Waals surface area contributed by atoms with Crippen LogP contribution in [0.3, 0.4) is 0 Å². The minimum Gasteiger partial charge on any atom is -0.452 e. The van der Waals surface area contributed by atoms with Gasteiger partial charge in [0.05, 0.1) is 10.5 Å². The van der Waals surface area contributed by atoms with Crippen molar-refractivity contribution in [2.45, 2.75) is 38.8 Å². The van der Waals surface area contributed by atoms with Gasteiger partial charge >= 0.3 is 5.97 Å². The number of nitro groups is 1. The van der Waals surface area contributed by atoms with Crippen LogP contribution in [-0.4, -0.2) is 47.9 Å². The number of hydrogen-bond acceptors (Lipinski definition) is 7. The zero-order chi connectivity index (χ0) is 20.0. The molecule has 1 aliphatic carbocycles. The maximum Gasteiger partial charge on any atom is 0.338 e. The molecule has 0 bridgehead atoms. The summed E-state index contributed by atoms with van der Waals surface area (Å²) in [6, 6.07) is 3.41. The van der Waals surface area contributed by atoms with E-state index in [0.717, 1.165) is 18.9 Å². The highest BCUT2D eigenvalue weighted by molar-refractivity contribution is 5.93. The average Bonchev–Trinajstić information content (AvgIpc) is 3.44. The van der Waals surface area contributed by atoms with Gasteiger partial charge in [0.25, 0.3) is 11.6 Å². The summed E-state index contributed by atoms with van der Waals surface area (Å²) < 4.78 is 4.87. The molecule has 27 heavy (non-hydrogen) atoms. The second kappa shape index (κ2) is 8.97. The normalized spacial score (nSPS) is 14.0. The Kier molecular flexibility index (Phi) is 6.69. The Morgan fingerprint density at radius 3 is 2.63 bits per heavy atom. The van der Waals surface area contributed by atoms with Gasteiger partial charge < -0.3 is 20.7 Å². The van der Waals surface area contributed by atoms with E-state index in [2.05, 4.69) is 16.0 Å². The monoisotopic (exact) mass is 378 g/mol. The first-order valence-electron chi connectivity index (χ1n) is 8.61. The van der Waals surface area contributed by atoms with Gasteiger partial charge in [-0.1, -0.05) is 0 Å². The number of hydrogen-bond donors (Lipinski definition) is 3. The third-order valence-corrected chi connectivity index (χ3v) is 3.82. The number of carbonyl (C=O) groups excluding carboxylic acids is 3. The van der Waals surface area contributed by atoms with Gasteiger partial charge in [0.15, 0.2) is 6.61 Å². The average molecular weight is 378 g/mol. The molecule has 0 aromatic heterocycles. The Hall–Kier alpha value is -3.17.